The second-order valence-electron chi connectivity index (χ2n) is 4.63. The van der Waals surface area contributed by atoms with Crippen LogP contribution in [0.5, 0.6) is 0 Å². The Bertz CT molecular complexity index is 694. The number of aromatic nitrogens is 1. The van der Waals surface area contributed by atoms with Gasteiger partial charge < -0.3 is 15.5 Å². The van der Waals surface area contributed by atoms with E-state index in [0.717, 1.165) is 0 Å². The highest BCUT2D eigenvalue weighted by Gasteiger charge is 2.23. The minimum absolute atomic E-state index is 0.271. The van der Waals surface area contributed by atoms with Crippen LogP contribution >= 0.6 is 0 Å². The first-order valence-corrected chi connectivity index (χ1v) is 7.72. The van der Waals surface area contributed by atoms with Gasteiger partial charge in [-0.15, -0.1) is 0 Å². The van der Waals surface area contributed by atoms with Crippen molar-refractivity contribution in [2.75, 3.05) is 33.0 Å². The van der Waals surface area contributed by atoms with Gasteiger partial charge in [-0.25, -0.2) is 12.7 Å². The summed E-state index contributed by atoms with van der Waals surface area (Å²) in [5.74, 6) is 0. The van der Waals surface area contributed by atoms with Crippen molar-refractivity contribution in [3.63, 3.8) is 0 Å². The fourth-order valence-corrected chi connectivity index (χ4v) is 3.42. The van der Waals surface area contributed by atoms with Crippen LogP contribution in [-0.2, 0) is 14.8 Å². The molecule has 0 aliphatic carbocycles. The fraction of sp³-hybridized carbons (Fsp3) is 0.385. The third-order valence-electron chi connectivity index (χ3n) is 3.18. The van der Waals surface area contributed by atoms with Gasteiger partial charge in [0.15, 0.2) is 0 Å². The number of nitrogens with zero attached hydrogens (tertiary/aromatic N) is 1. The molecule has 7 heteroatoms. The van der Waals surface area contributed by atoms with E-state index in [9.17, 15) is 8.42 Å². The number of nitrogens with one attached hydrogen (secondary N) is 1. The average Bonchev–Trinajstić information content (AvgIpc) is 2.82. The van der Waals surface area contributed by atoms with Gasteiger partial charge >= 0.3 is 0 Å². The smallest absolute Gasteiger partial charge is 0.244 e. The SMILES string of the molecule is COCCCN(C)S(=O)(=O)c1c[nH]c2cc(N)ccc12. The van der Waals surface area contributed by atoms with Crippen molar-refractivity contribution in [2.45, 2.75) is 11.3 Å². The van der Waals surface area contributed by atoms with E-state index in [1.54, 1.807) is 32.4 Å². The van der Waals surface area contributed by atoms with E-state index in [4.69, 9.17) is 10.5 Å². The third kappa shape index (κ3) is 2.79. The van der Waals surface area contributed by atoms with Crippen LogP contribution in [0.3, 0.4) is 0 Å². The van der Waals surface area contributed by atoms with Gasteiger partial charge in [0.25, 0.3) is 0 Å². The number of fused-ring (bicyclic) bond motifs is 1. The predicted molar refractivity (Wildman–Crippen MR) is 79.0 cm³/mol. The summed E-state index contributed by atoms with van der Waals surface area (Å²) >= 11 is 0. The predicted octanol–water partition coefficient (Wildman–Crippen LogP) is 1.41. The van der Waals surface area contributed by atoms with Crippen LogP contribution in [0.1, 0.15) is 6.42 Å². The van der Waals surface area contributed by atoms with Gasteiger partial charge in [0.2, 0.25) is 10.0 Å². The lowest BCUT2D eigenvalue weighted by molar-refractivity contribution is 0.189. The second-order valence-corrected chi connectivity index (χ2v) is 6.64. The summed E-state index contributed by atoms with van der Waals surface area (Å²) in [6, 6.07) is 5.14. The van der Waals surface area contributed by atoms with E-state index >= 15 is 0 Å². The molecule has 1 aromatic heterocycles. The molecule has 2 aromatic rings. The monoisotopic (exact) mass is 297 g/mol. The van der Waals surface area contributed by atoms with Crippen LogP contribution in [0.4, 0.5) is 5.69 Å². The number of hydrogen-bond donors (Lipinski definition) is 2. The standard InChI is InChI=1S/C13H19N3O3S/c1-16(6-3-7-19-2)20(17,18)13-9-15-12-8-10(14)4-5-11(12)13/h4-5,8-9,15H,3,6-7,14H2,1-2H3. The van der Waals surface area contributed by atoms with Crippen molar-refractivity contribution in [1.82, 2.24) is 9.29 Å². The van der Waals surface area contributed by atoms with Crippen LogP contribution in [0.25, 0.3) is 10.9 Å². The summed E-state index contributed by atoms with van der Waals surface area (Å²) in [4.78, 5) is 3.22. The molecule has 0 atom stereocenters. The minimum Gasteiger partial charge on any atom is -0.399 e. The Hall–Kier alpha value is -1.57. The maximum atomic E-state index is 12.5. The van der Waals surface area contributed by atoms with Gasteiger partial charge in [-0.2, -0.15) is 0 Å². The second kappa shape index (κ2) is 5.82. The van der Waals surface area contributed by atoms with Crippen molar-refractivity contribution in [3.05, 3.63) is 24.4 Å². The Morgan fingerprint density at radius 3 is 2.85 bits per heavy atom. The molecule has 2 rings (SSSR count). The summed E-state index contributed by atoms with van der Waals surface area (Å²) in [5, 5.41) is 0.651. The van der Waals surface area contributed by atoms with Crippen molar-refractivity contribution in [2.24, 2.45) is 0 Å². The molecular weight excluding hydrogens is 278 g/mol. The maximum Gasteiger partial charge on any atom is 0.244 e. The van der Waals surface area contributed by atoms with E-state index < -0.39 is 10.0 Å². The highest BCUT2D eigenvalue weighted by Crippen LogP contribution is 2.26. The number of hydrogen-bond acceptors (Lipinski definition) is 4. The molecule has 0 spiro atoms. The van der Waals surface area contributed by atoms with Crippen LogP contribution in [0, 0.1) is 0 Å². The van der Waals surface area contributed by atoms with Crippen molar-refractivity contribution in [1.29, 1.82) is 0 Å². The van der Waals surface area contributed by atoms with Gasteiger partial charge in [-0.3, -0.25) is 0 Å². The topological polar surface area (TPSA) is 88.4 Å². The van der Waals surface area contributed by atoms with Crippen LogP contribution < -0.4 is 5.73 Å². The van der Waals surface area contributed by atoms with Gasteiger partial charge in [-0.05, 0) is 24.6 Å². The number of aromatic amines is 1. The lowest BCUT2D eigenvalue weighted by Crippen LogP contribution is -2.28. The van der Waals surface area contributed by atoms with Crippen molar-refractivity contribution in [3.8, 4) is 0 Å². The molecule has 1 heterocycles. The van der Waals surface area contributed by atoms with E-state index in [2.05, 4.69) is 4.98 Å². The molecule has 0 unspecified atom stereocenters. The number of methoxy groups -OCH3 is 1. The Labute approximate surface area is 118 Å². The molecule has 6 nitrogen and oxygen atoms in total. The van der Waals surface area contributed by atoms with Crippen LogP contribution in [0.2, 0.25) is 0 Å². The summed E-state index contributed by atoms with van der Waals surface area (Å²) in [5.41, 5.74) is 7.00. The van der Waals surface area contributed by atoms with Crippen molar-refractivity contribution < 1.29 is 13.2 Å². The van der Waals surface area contributed by atoms with Gasteiger partial charge in [0.05, 0.1) is 0 Å². The van der Waals surface area contributed by atoms with Gasteiger partial charge in [0.1, 0.15) is 4.90 Å². The Kier molecular flexibility index (Phi) is 4.32. The first-order chi connectivity index (χ1) is 9.46. The van der Waals surface area contributed by atoms with E-state index in [1.165, 1.54) is 10.5 Å². The molecule has 0 saturated carbocycles. The quantitative estimate of drug-likeness (QED) is 0.623. The largest absolute Gasteiger partial charge is 0.399 e. The first-order valence-electron chi connectivity index (χ1n) is 6.28. The molecule has 0 amide bonds. The molecule has 0 saturated heterocycles. The van der Waals surface area contributed by atoms with E-state index in [0.29, 0.717) is 36.2 Å². The summed E-state index contributed by atoms with van der Waals surface area (Å²) in [6.45, 7) is 0.947. The number of ether oxygens (including phenoxy) is 1. The lowest BCUT2D eigenvalue weighted by Gasteiger charge is -2.16. The highest BCUT2D eigenvalue weighted by molar-refractivity contribution is 7.89. The molecule has 1 aromatic carbocycles. The Balaban J connectivity index is 2.32. The number of benzene rings is 1. The molecule has 0 radical (unpaired) electrons. The molecule has 0 bridgehead atoms. The molecule has 110 valence electrons. The Morgan fingerprint density at radius 1 is 1.40 bits per heavy atom. The van der Waals surface area contributed by atoms with Crippen LogP contribution in [0.15, 0.2) is 29.3 Å². The number of nitrogens with two attached hydrogens (primary N) is 1. The summed E-state index contributed by atoms with van der Waals surface area (Å²) < 4.78 is 31.3. The lowest BCUT2D eigenvalue weighted by atomic mass is 10.2. The minimum atomic E-state index is -3.51. The number of sulfonamides is 1. The van der Waals surface area contributed by atoms with Gasteiger partial charge in [0, 0.05) is 50.1 Å². The fourth-order valence-electron chi connectivity index (χ4n) is 2.05. The zero-order valence-corrected chi connectivity index (χ0v) is 12.4. The highest BCUT2D eigenvalue weighted by atomic mass is 32.2. The summed E-state index contributed by atoms with van der Waals surface area (Å²) in [7, 11) is -0.343. The molecule has 3 N–H and O–H groups in total. The number of H-pyrrole nitrogens is 1. The normalized spacial score (nSPS) is 12.3. The number of rotatable bonds is 6. The molecular formula is C13H19N3O3S. The maximum absolute atomic E-state index is 12.5. The van der Waals surface area contributed by atoms with E-state index in [1.807, 2.05) is 0 Å². The zero-order chi connectivity index (χ0) is 14.8. The van der Waals surface area contributed by atoms with E-state index in [-0.39, 0.29) is 4.90 Å². The number of anilines is 1. The average molecular weight is 297 g/mol. The molecule has 0 aliphatic heterocycles. The summed E-state index contributed by atoms with van der Waals surface area (Å²) in [6.07, 6.45) is 2.16. The number of nitrogen functional groups attached to an aromatic ring is 1. The van der Waals surface area contributed by atoms with Crippen LogP contribution in [-0.4, -0.2) is 45.0 Å². The zero-order valence-electron chi connectivity index (χ0n) is 11.6. The third-order valence-corrected chi connectivity index (χ3v) is 5.07. The van der Waals surface area contributed by atoms with Crippen molar-refractivity contribution >= 4 is 26.6 Å². The molecule has 20 heavy (non-hydrogen) atoms. The first kappa shape index (κ1) is 14.8. The Morgan fingerprint density at radius 2 is 2.15 bits per heavy atom. The molecule has 0 aliphatic rings. The van der Waals surface area contributed by atoms with Gasteiger partial charge in [-0.1, -0.05) is 0 Å². The molecule has 0 fully saturated rings.